The van der Waals surface area contributed by atoms with Crippen molar-refractivity contribution < 1.29 is 0 Å². The Labute approximate surface area is 115 Å². The maximum absolute atomic E-state index is 6.39. The molecule has 104 valence electrons. The fourth-order valence-electron chi connectivity index (χ4n) is 3.33. The Hall–Kier alpha value is -1.25. The molecule has 0 aromatic carbocycles. The zero-order valence-corrected chi connectivity index (χ0v) is 11.8. The molecule has 0 radical (unpaired) electrons. The maximum Gasteiger partial charge on any atom is 0.127 e. The molecule has 2 aliphatic carbocycles. The van der Waals surface area contributed by atoms with Crippen molar-refractivity contribution in [3.8, 4) is 0 Å². The lowest BCUT2D eigenvalue weighted by Crippen LogP contribution is -2.07. The molecule has 1 aromatic heterocycles. The summed E-state index contributed by atoms with van der Waals surface area (Å²) in [7, 11) is 0. The Kier molecular flexibility index (Phi) is 3.63. The van der Waals surface area contributed by atoms with Crippen LogP contribution in [0, 0.1) is 0 Å². The summed E-state index contributed by atoms with van der Waals surface area (Å²) in [6.07, 6.45) is 12.4. The highest BCUT2D eigenvalue weighted by molar-refractivity contribution is 5.42. The lowest BCUT2D eigenvalue weighted by molar-refractivity contribution is 0.580. The summed E-state index contributed by atoms with van der Waals surface area (Å²) in [5, 5.41) is 0. The van der Waals surface area contributed by atoms with Gasteiger partial charge in [-0.15, -0.1) is 6.58 Å². The summed E-state index contributed by atoms with van der Waals surface area (Å²) in [5.74, 6) is 3.37. The minimum absolute atomic E-state index is 0.589. The fraction of sp³-hybridized carbons (Fsp3) is 0.688. The molecule has 0 spiro atoms. The fourth-order valence-corrected chi connectivity index (χ4v) is 3.33. The van der Waals surface area contributed by atoms with E-state index in [4.69, 9.17) is 10.7 Å². The number of nitrogen functional groups attached to an aromatic ring is 1. The van der Waals surface area contributed by atoms with Crippen molar-refractivity contribution in [2.75, 3.05) is 5.73 Å². The van der Waals surface area contributed by atoms with Crippen LogP contribution in [-0.2, 0) is 6.54 Å². The highest BCUT2D eigenvalue weighted by Gasteiger charge is 2.32. The summed E-state index contributed by atoms with van der Waals surface area (Å²) in [4.78, 5) is 4.95. The van der Waals surface area contributed by atoms with E-state index in [2.05, 4.69) is 11.1 Å². The number of imidazole rings is 1. The Bertz CT molecular complexity index is 449. The van der Waals surface area contributed by atoms with E-state index in [1.807, 2.05) is 6.08 Å². The van der Waals surface area contributed by atoms with Gasteiger partial charge < -0.3 is 10.3 Å². The molecule has 0 atom stereocenters. The van der Waals surface area contributed by atoms with Crippen molar-refractivity contribution >= 4 is 5.82 Å². The topological polar surface area (TPSA) is 43.8 Å². The van der Waals surface area contributed by atoms with E-state index in [9.17, 15) is 0 Å². The Morgan fingerprint density at radius 2 is 1.79 bits per heavy atom. The Balaban J connectivity index is 1.91. The molecule has 3 heteroatoms. The molecule has 0 saturated heterocycles. The molecular weight excluding hydrogens is 234 g/mol. The molecule has 2 fully saturated rings. The molecule has 2 aliphatic rings. The van der Waals surface area contributed by atoms with E-state index in [1.165, 1.54) is 62.9 Å². The number of hydrogen-bond acceptors (Lipinski definition) is 2. The second-order valence-corrected chi connectivity index (χ2v) is 6.10. The van der Waals surface area contributed by atoms with Crippen LogP contribution in [0.2, 0.25) is 0 Å². The van der Waals surface area contributed by atoms with Crippen molar-refractivity contribution in [2.45, 2.75) is 69.7 Å². The van der Waals surface area contributed by atoms with E-state index in [1.54, 1.807) is 0 Å². The van der Waals surface area contributed by atoms with Gasteiger partial charge in [0.2, 0.25) is 0 Å². The number of rotatable bonds is 4. The van der Waals surface area contributed by atoms with Crippen LogP contribution >= 0.6 is 0 Å². The maximum atomic E-state index is 6.39. The summed E-state index contributed by atoms with van der Waals surface area (Å²) < 4.78 is 2.20. The van der Waals surface area contributed by atoms with Crippen molar-refractivity contribution in [1.29, 1.82) is 0 Å². The summed E-state index contributed by atoms with van der Waals surface area (Å²) in [5.41, 5.74) is 7.58. The van der Waals surface area contributed by atoms with Crippen LogP contribution < -0.4 is 5.73 Å². The summed E-state index contributed by atoms with van der Waals surface area (Å²) >= 11 is 0. The first-order chi connectivity index (χ1) is 9.31. The lowest BCUT2D eigenvalue weighted by atomic mass is 9.96. The predicted octanol–water partition coefficient (Wildman–Crippen LogP) is 3.97. The van der Waals surface area contributed by atoms with E-state index < -0.39 is 0 Å². The molecule has 1 aromatic rings. The van der Waals surface area contributed by atoms with Crippen LogP contribution in [0.15, 0.2) is 12.7 Å². The predicted molar refractivity (Wildman–Crippen MR) is 79.3 cm³/mol. The molecule has 1 heterocycles. The van der Waals surface area contributed by atoms with Crippen molar-refractivity contribution in [3.63, 3.8) is 0 Å². The molecule has 2 N–H and O–H groups in total. The zero-order valence-electron chi connectivity index (χ0n) is 11.8. The van der Waals surface area contributed by atoms with Crippen molar-refractivity contribution in [2.24, 2.45) is 0 Å². The third kappa shape index (κ3) is 2.56. The number of hydrogen-bond donors (Lipinski definition) is 1. The van der Waals surface area contributed by atoms with E-state index >= 15 is 0 Å². The zero-order chi connectivity index (χ0) is 13.2. The van der Waals surface area contributed by atoms with Gasteiger partial charge >= 0.3 is 0 Å². The highest BCUT2D eigenvalue weighted by atomic mass is 15.1. The van der Waals surface area contributed by atoms with Crippen LogP contribution in [0.4, 0.5) is 5.82 Å². The molecule has 0 unspecified atom stereocenters. The SMILES string of the molecule is C=CCn1c(C2CC2)nc(C2CCCCCC2)c1N. The number of allylic oxidation sites excluding steroid dienone is 1. The van der Waals surface area contributed by atoms with E-state index in [0.29, 0.717) is 11.8 Å². The molecule has 0 aliphatic heterocycles. The smallest absolute Gasteiger partial charge is 0.127 e. The van der Waals surface area contributed by atoms with Crippen LogP contribution in [0.1, 0.15) is 74.7 Å². The number of anilines is 1. The van der Waals surface area contributed by atoms with Crippen molar-refractivity contribution in [1.82, 2.24) is 9.55 Å². The second kappa shape index (κ2) is 5.40. The normalized spacial score (nSPS) is 21.3. The minimum atomic E-state index is 0.589. The monoisotopic (exact) mass is 259 g/mol. The van der Waals surface area contributed by atoms with Gasteiger partial charge in [0, 0.05) is 18.4 Å². The molecule has 0 bridgehead atoms. The average molecular weight is 259 g/mol. The summed E-state index contributed by atoms with van der Waals surface area (Å²) in [6, 6.07) is 0. The second-order valence-electron chi connectivity index (χ2n) is 6.10. The van der Waals surface area contributed by atoms with Crippen LogP contribution in [0.5, 0.6) is 0 Å². The van der Waals surface area contributed by atoms with E-state index in [-0.39, 0.29) is 0 Å². The van der Waals surface area contributed by atoms with Gasteiger partial charge in [0.25, 0.3) is 0 Å². The standard InChI is InChI=1S/C16H25N3/c1-2-11-19-15(17)14(18-16(19)13-9-10-13)12-7-5-3-4-6-8-12/h2,12-13H,1,3-11,17H2. The molecule has 0 amide bonds. The first kappa shape index (κ1) is 12.8. The Morgan fingerprint density at radius 3 is 2.37 bits per heavy atom. The van der Waals surface area contributed by atoms with Crippen LogP contribution in [0.25, 0.3) is 0 Å². The van der Waals surface area contributed by atoms with Gasteiger partial charge in [-0.2, -0.15) is 0 Å². The van der Waals surface area contributed by atoms with Gasteiger partial charge in [0.05, 0.1) is 5.69 Å². The first-order valence-electron chi connectivity index (χ1n) is 7.78. The quantitative estimate of drug-likeness (QED) is 0.657. The van der Waals surface area contributed by atoms with Gasteiger partial charge in [0.15, 0.2) is 0 Å². The van der Waals surface area contributed by atoms with Gasteiger partial charge in [-0.1, -0.05) is 31.8 Å². The molecule has 2 saturated carbocycles. The third-order valence-electron chi connectivity index (χ3n) is 4.56. The highest BCUT2D eigenvalue weighted by Crippen LogP contribution is 2.43. The van der Waals surface area contributed by atoms with Gasteiger partial charge in [-0.3, -0.25) is 0 Å². The lowest BCUT2D eigenvalue weighted by Gasteiger charge is -2.12. The minimum Gasteiger partial charge on any atom is -0.384 e. The van der Waals surface area contributed by atoms with Crippen LogP contribution in [-0.4, -0.2) is 9.55 Å². The Morgan fingerprint density at radius 1 is 1.11 bits per heavy atom. The third-order valence-corrected chi connectivity index (χ3v) is 4.56. The first-order valence-corrected chi connectivity index (χ1v) is 7.78. The number of aromatic nitrogens is 2. The van der Waals surface area contributed by atoms with Gasteiger partial charge in [-0.25, -0.2) is 4.98 Å². The molecule has 3 nitrogen and oxygen atoms in total. The van der Waals surface area contributed by atoms with Crippen LogP contribution in [0.3, 0.4) is 0 Å². The largest absolute Gasteiger partial charge is 0.384 e. The van der Waals surface area contributed by atoms with Gasteiger partial charge in [0.1, 0.15) is 11.6 Å². The number of nitrogens with two attached hydrogens (primary N) is 1. The van der Waals surface area contributed by atoms with E-state index in [0.717, 1.165) is 12.4 Å². The van der Waals surface area contributed by atoms with Crippen molar-refractivity contribution in [3.05, 3.63) is 24.2 Å². The average Bonchev–Trinajstić information content (AvgIpc) is 3.22. The van der Waals surface area contributed by atoms with Gasteiger partial charge in [-0.05, 0) is 25.7 Å². The summed E-state index contributed by atoms with van der Waals surface area (Å²) in [6.45, 7) is 4.65. The molecule has 19 heavy (non-hydrogen) atoms. The molecular formula is C16H25N3. The molecule has 3 rings (SSSR count). The number of nitrogens with zero attached hydrogens (tertiary/aromatic N) is 2.